The van der Waals surface area contributed by atoms with Crippen LogP contribution in [0, 0.1) is 6.92 Å². The molecule has 0 amide bonds. The highest BCUT2D eigenvalue weighted by atomic mass is 35.5. The second kappa shape index (κ2) is 8.17. The van der Waals surface area contributed by atoms with Crippen molar-refractivity contribution >= 4 is 18.2 Å². The summed E-state index contributed by atoms with van der Waals surface area (Å²) in [6.45, 7) is 1.85. The molecule has 0 unspecified atom stereocenters. The van der Waals surface area contributed by atoms with Gasteiger partial charge in [-0.25, -0.2) is 9.97 Å². The molecular formula is C17H15ClF3N5O. The maximum Gasteiger partial charge on any atom is 0.416 e. The van der Waals surface area contributed by atoms with E-state index in [1.165, 1.54) is 13.3 Å². The van der Waals surface area contributed by atoms with Gasteiger partial charge in [0.25, 0.3) is 0 Å². The number of halogens is 4. The molecular weight excluding hydrogens is 383 g/mol. The van der Waals surface area contributed by atoms with Crippen molar-refractivity contribution in [3.8, 4) is 17.0 Å². The van der Waals surface area contributed by atoms with E-state index >= 15 is 0 Å². The van der Waals surface area contributed by atoms with Crippen LogP contribution in [0.4, 0.5) is 19.0 Å². The average molecular weight is 398 g/mol. The van der Waals surface area contributed by atoms with Gasteiger partial charge in [-0.1, -0.05) is 0 Å². The summed E-state index contributed by atoms with van der Waals surface area (Å²) in [6, 6.07) is 6.63. The number of hydrogen-bond donors (Lipinski definition) is 2. The molecule has 0 bridgehead atoms. The summed E-state index contributed by atoms with van der Waals surface area (Å²) < 4.78 is 38.4. The maximum absolute atomic E-state index is 12.8. The molecule has 10 heteroatoms. The molecule has 142 valence electrons. The molecule has 0 aliphatic rings. The number of phenols is 1. The summed E-state index contributed by atoms with van der Waals surface area (Å²) in [5, 5.41) is 21.1. The molecule has 1 aromatic carbocycles. The van der Waals surface area contributed by atoms with Crippen molar-refractivity contribution < 1.29 is 18.3 Å². The van der Waals surface area contributed by atoms with Crippen LogP contribution >= 0.6 is 12.4 Å². The van der Waals surface area contributed by atoms with E-state index in [-0.39, 0.29) is 23.5 Å². The number of phenolic OH excluding ortho intramolecular Hbond substituents is 1. The van der Waals surface area contributed by atoms with Crippen molar-refractivity contribution in [2.45, 2.75) is 19.6 Å². The van der Waals surface area contributed by atoms with Crippen molar-refractivity contribution in [1.29, 1.82) is 0 Å². The summed E-state index contributed by atoms with van der Waals surface area (Å²) in [4.78, 5) is 7.82. The lowest BCUT2D eigenvalue weighted by Gasteiger charge is -2.13. The predicted octanol–water partition coefficient (Wildman–Crippen LogP) is 4.00. The molecule has 2 N–H and O–H groups in total. The minimum atomic E-state index is -4.52. The molecule has 2 aromatic heterocycles. The second-order valence-electron chi connectivity index (χ2n) is 5.54. The Balaban J connectivity index is 0.00000261. The van der Waals surface area contributed by atoms with Crippen LogP contribution < -0.4 is 5.32 Å². The third-order valence-electron chi connectivity index (χ3n) is 3.65. The smallest absolute Gasteiger partial charge is 0.416 e. The number of hydrogen-bond acceptors (Lipinski definition) is 6. The monoisotopic (exact) mass is 397 g/mol. The second-order valence-corrected chi connectivity index (χ2v) is 5.54. The summed E-state index contributed by atoms with van der Waals surface area (Å²) >= 11 is 0. The topological polar surface area (TPSA) is 83.8 Å². The van der Waals surface area contributed by atoms with E-state index in [0.29, 0.717) is 29.8 Å². The highest BCUT2D eigenvalue weighted by Gasteiger charge is 2.32. The fraction of sp³-hybridized carbons (Fsp3) is 0.176. The SMILES string of the molecule is Cc1cc(C(F)(F)F)cc(O)c1-c1ccc(CNc2ccncn2)nn1.Cl. The van der Waals surface area contributed by atoms with Gasteiger partial charge >= 0.3 is 6.18 Å². The minimum absolute atomic E-state index is 0. The number of aryl methyl sites for hydroxylation is 1. The zero-order valence-electron chi connectivity index (χ0n) is 14.0. The van der Waals surface area contributed by atoms with Crippen LogP contribution in [0.1, 0.15) is 16.8 Å². The van der Waals surface area contributed by atoms with E-state index in [2.05, 4.69) is 25.5 Å². The summed E-state index contributed by atoms with van der Waals surface area (Å²) in [6.07, 6.45) is -1.52. The Morgan fingerprint density at radius 1 is 1.11 bits per heavy atom. The number of benzene rings is 1. The molecule has 0 saturated heterocycles. The molecule has 0 aliphatic carbocycles. The van der Waals surface area contributed by atoms with Gasteiger partial charge in [-0.05, 0) is 42.8 Å². The number of alkyl halides is 3. The molecule has 3 aromatic rings. The molecule has 27 heavy (non-hydrogen) atoms. The molecule has 6 nitrogen and oxygen atoms in total. The fourth-order valence-corrected chi connectivity index (χ4v) is 2.43. The van der Waals surface area contributed by atoms with Crippen molar-refractivity contribution in [3.63, 3.8) is 0 Å². The van der Waals surface area contributed by atoms with E-state index in [1.54, 1.807) is 24.4 Å². The summed E-state index contributed by atoms with van der Waals surface area (Å²) in [5.74, 6) is 0.139. The number of anilines is 1. The lowest BCUT2D eigenvalue weighted by Crippen LogP contribution is -2.06. The number of rotatable bonds is 4. The van der Waals surface area contributed by atoms with Gasteiger partial charge < -0.3 is 10.4 Å². The highest BCUT2D eigenvalue weighted by Crippen LogP contribution is 2.38. The Morgan fingerprint density at radius 2 is 1.89 bits per heavy atom. The first-order valence-corrected chi connectivity index (χ1v) is 7.58. The van der Waals surface area contributed by atoms with Gasteiger partial charge in [-0.15, -0.1) is 12.4 Å². The number of aromatic nitrogens is 4. The maximum atomic E-state index is 12.8. The van der Waals surface area contributed by atoms with E-state index in [1.807, 2.05) is 0 Å². The molecule has 0 aliphatic heterocycles. The largest absolute Gasteiger partial charge is 0.507 e. The summed E-state index contributed by atoms with van der Waals surface area (Å²) in [7, 11) is 0. The average Bonchev–Trinajstić information content (AvgIpc) is 2.60. The zero-order valence-corrected chi connectivity index (χ0v) is 14.8. The van der Waals surface area contributed by atoms with Crippen LogP contribution in [-0.2, 0) is 12.7 Å². The number of nitrogens with one attached hydrogen (secondary N) is 1. The van der Waals surface area contributed by atoms with Crippen LogP contribution in [0.15, 0.2) is 42.9 Å². The molecule has 0 radical (unpaired) electrons. The third kappa shape index (κ3) is 4.82. The van der Waals surface area contributed by atoms with Gasteiger partial charge in [0.15, 0.2) is 0 Å². The predicted molar refractivity (Wildman–Crippen MR) is 95.5 cm³/mol. The van der Waals surface area contributed by atoms with Crippen molar-refractivity contribution in [3.05, 3.63) is 59.7 Å². The van der Waals surface area contributed by atoms with Gasteiger partial charge in [-0.2, -0.15) is 23.4 Å². The van der Waals surface area contributed by atoms with Crippen molar-refractivity contribution in [1.82, 2.24) is 20.2 Å². The van der Waals surface area contributed by atoms with Crippen LogP contribution in [0.3, 0.4) is 0 Å². The quantitative estimate of drug-likeness (QED) is 0.692. The van der Waals surface area contributed by atoms with Crippen LogP contribution in [0.5, 0.6) is 5.75 Å². The highest BCUT2D eigenvalue weighted by molar-refractivity contribution is 5.85. The van der Waals surface area contributed by atoms with Gasteiger partial charge in [0.05, 0.1) is 23.5 Å². The van der Waals surface area contributed by atoms with E-state index < -0.39 is 17.5 Å². The molecule has 0 spiro atoms. The van der Waals surface area contributed by atoms with E-state index in [9.17, 15) is 18.3 Å². The molecule has 0 atom stereocenters. The number of nitrogens with zero attached hydrogens (tertiary/aromatic N) is 4. The van der Waals surface area contributed by atoms with Crippen LogP contribution in [-0.4, -0.2) is 25.3 Å². The lowest BCUT2D eigenvalue weighted by molar-refractivity contribution is -0.137. The van der Waals surface area contributed by atoms with E-state index in [0.717, 1.165) is 6.07 Å². The lowest BCUT2D eigenvalue weighted by atomic mass is 10.0. The van der Waals surface area contributed by atoms with E-state index in [4.69, 9.17) is 0 Å². The first-order chi connectivity index (χ1) is 12.3. The molecule has 0 saturated carbocycles. The Bertz CT molecular complexity index is 882. The van der Waals surface area contributed by atoms with Gasteiger partial charge in [-0.3, -0.25) is 0 Å². The van der Waals surface area contributed by atoms with Gasteiger partial charge in [0, 0.05) is 11.8 Å². The Labute approximate surface area is 158 Å². The normalized spacial score (nSPS) is 11.0. The standard InChI is InChI=1S/C17H14F3N5O.ClH/c1-10-6-11(17(18,19)20)7-14(26)16(10)13-3-2-12(24-25-13)8-22-15-4-5-21-9-23-15;/h2-7,9,26H,8H2,1H3,(H,21,22,23);1H. The first-order valence-electron chi connectivity index (χ1n) is 7.58. The summed E-state index contributed by atoms with van der Waals surface area (Å²) in [5.41, 5.74) is 0.477. The Hall–Kier alpha value is -2.94. The third-order valence-corrected chi connectivity index (χ3v) is 3.65. The van der Waals surface area contributed by atoms with Crippen LogP contribution in [0.2, 0.25) is 0 Å². The Kier molecular flexibility index (Phi) is 6.17. The van der Waals surface area contributed by atoms with Crippen molar-refractivity contribution in [2.24, 2.45) is 0 Å². The van der Waals surface area contributed by atoms with Gasteiger partial charge in [0.2, 0.25) is 0 Å². The molecule has 2 heterocycles. The zero-order chi connectivity index (χ0) is 18.7. The van der Waals surface area contributed by atoms with Crippen LogP contribution in [0.25, 0.3) is 11.3 Å². The minimum Gasteiger partial charge on any atom is -0.507 e. The molecule has 0 fully saturated rings. The first kappa shape index (κ1) is 20.4. The fourth-order valence-electron chi connectivity index (χ4n) is 2.43. The Morgan fingerprint density at radius 3 is 2.44 bits per heavy atom. The molecule has 3 rings (SSSR count). The van der Waals surface area contributed by atoms with Gasteiger partial charge in [0.1, 0.15) is 17.9 Å². The van der Waals surface area contributed by atoms with Crippen molar-refractivity contribution in [2.75, 3.05) is 5.32 Å². The number of aromatic hydroxyl groups is 1.